The first-order valence-electron chi connectivity index (χ1n) is 9.04. The lowest BCUT2D eigenvalue weighted by molar-refractivity contribution is -0.139. The summed E-state index contributed by atoms with van der Waals surface area (Å²) < 4.78 is 78.5. The fourth-order valence-electron chi connectivity index (χ4n) is 3.33. The van der Waals surface area contributed by atoms with Crippen molar-refractivity contribution in [3.8, 4) is 5.75 Å². The van der Waals surface area contributed by atoms with Crippen LogP contribution in [-0.4, -0.2) is 49.9 Å². The largest absolute Gasteiger partial charge is 0.488 e. The highest BCUT2D eigenvalue weighted by Gasteiger charge is 2.36. The first kappa shape index (κ1) is 21.7. The Bertz CT molecular complexity index is 1230. The first-order valence-corrected chi connectivity index (χ1v) is 10.9. The lowest BCUT2D eigenvalue weighted by Gasteiger charge is -2.19. The lowest BCUT2D eigenvalue weighted by atomic mass is 10.1. The third-order valence-electron chi connectivity index (χ3n) is 4.80. The maximum absolute atomic E-state index is 13.4. The van der Waals surface area contributed by atoms with Gasteiger partial charge in [-0.1, -0.05) is 11.6 Å². The number of likely N-dealkylation sites (tertiary alicyclic amines) is 1. The minimum Gasteiger partial charge on any atom is -0.488 e. The monoisotopic (exact) mass is 476 g/mol. The Hall–Kier alpha value is -2.57. The molecule has 0 radical (unpaired) electrons. The molecule has 0 amide bonds. The number of halogens is 4. The van der Waals surface area contributed by atoms with Crippen LogP contribution in [0.4, 0.5) is 18.9 Å². The van der Waals surface area contributed by atoms with Crippen molar-refractivity contribution in [3.63, 3.8) is 0 Å². The molecule has 1 fully saturated rings. The summed E-state index contributed by atoms with van der Waals surface area (Å²) in [5, 5.41) is 7.26. The normalized spacial score (nSPS) is 17.9. The van der Waals surface area contributed by atoms with Crippen LogP contribution in [-0.2, 0) is 16.2 Å². The van der Waals surface area contributed by atoms with Crippen molar-refractivity contribution in [1.82, 2.24) is 15.2 Å². The van der Waals surface area contributed by atoms with E-state index in [-0.39, 0.29) is 26.6 Å². The Morgan fingerprint density at radius 3 is 2.65 bits per heavy atom. The minimum absolute atomic E-state index is 0.0475. The lowest BCUT2D eigenvalue weighted by Crippen LogP contribution is -2.23. The van der Waals surface area contributed by atoms with Crippen LogP contribution in [0.25, 0.3) is 11.0 Å². The smallest absolute Gasteiger partial charge is 0.419 e. The van der Waals surface area contributed by atoms with Gasteiger partial charge in [0.2, 0.25) is 0 Å². The summed E-state index contributed by atoms with van der Waals surface area (Å²) in [6, 6.07) is 5.32. The molecule has 0 saturated carbocycles. The molecule has 8 nitrogen and oxygen atoms in total. The third kappa shape index (κ3) is 4.41. The molecule has 1 atom stereocenters. The van der Waals surface area contributed by atoms with Crippen molar-refractivity contribution in [2.24, 2.45) is 0 Å². The highest BCUT2D eigenvalue weighted by Crippen LogP contribution is 2.39. The number of hydrogen-bond donors (Lipinski definition) is 1. The number of ether oxygens (including phenoxy) is 1. The van der Waals surface area contributed by atoms with Crippen LogP contribution < -0.4 is 9.46 Å². The fourth-order valence-corrected chi connectivity index (χ4v) is 4.70. The Morgan fingerprint density at radius 1 is 1.23 bits per heavy atom. The molecule has 3 aromatic rings. The second-order valence-electron chi connectivity index (χ2n) is 7.11. The molecule has 0 unspecified atom stereocenters. The molecule has 13 heteroatoms. The SMILES string of the molecule is CN1CC[C@H](Oc2cc(NS(=O)(=O)c3ccc(Cl)c4nonc34)ccc2C(F)(F)F)C1. The number of nitrogens with one attached hydrogen (secondary N) is 1. The summed E-state index contributed by atoms with van der Waals surface area (Å²) in [6.07, 6.45) is -4.53. The molecule has 2 aromatic carbocycles. The predicted octanol–water partition coefficient (Wildman–Crippen LogP) is 3.78. The molecule has 4 rings (SSSR count). The summed E-state index contributed by atoms with van der Waals surface area (Å²) in [4.78, 5) is 1.65. The number of sulfonamides is 1. The van der Waals surface area contributed by atoms with E-state index >= 15 is 0 Å². The topological polar surface area (TPSA) is 97.6 Å². The summed E-state index contributed by atoms with van der Waals surface area (Å²) in [5.74, 6) is -0.447. The standard InChI is InChI=1S/C18H16ClF3N4O4S/c1-26-7-6-11(9-26)29-14-8-10(2-3-12(14)18(20,21)22)25-31(27,28)15-5-4-13(19)16-17(15)24-30-23-16/h2-5,8,11,25H,6-7,9H2,1H3/t11-/m0/s1. The van der Waals surface area contributed by atoms with Gasteiger partial charge in [0.25, 0.3) is 10.0 Å². The van der Waals surface area contributed by atoms with E-state index in [0.717, 1.165) is 18.2 Å². The summed E-state index contributed by atoms with van der Waals surface area (Å²) in [7, 11) is -2.41. The Balaban J connectivity index is 1.68. The number of hydrogen-bond acceptors (Lipinski definition) is 7. The molecule has 1 aromatic heterocycles. The van der Waals surface area contributed by atoms with Gasteiger partial charge >= 0.3 is 6.18 Å². The van der Waals surface area contributed by atoms with E-state index in [1.54, 1.807) is 0 Å². The zero-order valence-electron chi connectivity index (χ0n) is 16.0. The Kier molecular flexibility index (Phi) is 5.48. The van der Waals surface area contributed by atoms with Gasteiger partial charge in [-0.05, 0) is 48.0 Å². The predicted molar refractivity (Wildman–Crippen MR) is 106 cm³/mol. The second kappa shape index (κ2) is 7.84. The van der Waals surface area contributed by atoms with Crippen molar-refractivity contribution < 1.29 is 31.0 Å². The van der Waals surface area contributed by atoms with Gasteiger partial charge in [0.1, 0.15) is 16.7 Å². The Morgan fingerprint density at radius 2 is 1.97 bits per heavy atom. The van der Waals surface area contributed by atoms with E-state index in [0.29, 0.717) is 19.5 Å². The summed E-state index contributed by atoms with van der Waals surface area (Å²) in [5.41, 5.74) is -1.14. The van der Waals surface area contributed by atoms with Crippen molar-refractivity contribution in [1.29, 1.82) is 0 Å². The Labute approximate surface area is 179 Å². The van der Waals surface area contributed by atoms with Crippen LogP contribution in [0.15, 0.2) is 39.9 Å². The average Bonchev–Trinajstić information content (AvgIpc) is 3.30. The van der Waals surface area contributed by atoms with Crippen molar-refractivity contribution in [2.75, 3.05) is 24.9 Å². The van der Waals surface area contributed by atoms with Gasteiger partial charge in [0.05, 0.1) is 16.3 Å². The highest BCUT2D eigenvalue weighted by atomic mass is 35.5. The van der Waals surface area contributed by atoms with E-state index < -0.39 is 33.6 Å². The van der Waals surface area contributed by atoms with Gasteiger partial charge in [-0.3, -0.25) is 4.72 Å². The molecule has 0 bridgehead atoms. The van der Waals surface area contributed by atoms with Crippen LogP contribution in [0, 0.1) is 0 Å². The van der Waals surface area contributed by atoms with Crippen molar-refractivity contribution in [3.05, 3.63) is 40.9 Å². The number of aromatic nitrogens is 2. The number of fused-ring (bicyclic) bond motifs is 1. The summed E-state index contributed by atoms with van der Waals surface area (Å²) >= 11 is 5.95. The molecule has 0 aliphatic carbocycles. The second-order valence-corrected chi connectivity index (χ2v) is 9.17. The zero-order chi connectivity index (χ0) is 22.4. The van der Waals surface area contributed by atoms with Gasteiger partial charge in [0, 0.05) is 19.2 Å². The molecular formula is C18H16ClF3N4O4S. The van der Waals surface area contributed by atoms with Crippen LogP contribution in [0.2, 0.25) is 5.02 Å². The van der Waals surface area contributed by atoms with Crippen molar-refractivity contribution in [2.45, 2.75) is 23.6 Å². The van der Waals surface area contributed by atoms with Gasteiger partial charge in [0.15, 0.2) is 11.0 Å². The van der Waals surface area contributed by atoms with E-state index in [4.69, 9.17) is 16.3 Å². The van der Waals surface area contributed by atoms with Crippen LogP contribution in [0.3, 0.4) is 0 Å². The van der Waals surface area contributed by atoms with E-state index in [1.807, 2.05) is 11.9 Å². The molecular weight excluding hydrogens is 461 g/mol. The first-order chi connectivity index (χ1) is 14.5. The number of nitrogens with zero attached hydrogens (tertiary/aromatic N) is 3. The molecule has 31 heavy (non-hydrogen) atoms. The average molecular weight is 477 g/mol. The molecule has 1 N–H and O–H groups in total. The number of alkyl halides is 3. The van der Waals surface area contributed by atoms with Gasteiger partial charge in [-0.2, -0.15) is 13.2 Å². The molecule has 1 saturated heterocycles. The summed E-state index contributed by atoms with van der Waals surface area (Å²) in [6.45, 7) is 1.16. The van der Waals surface area contributed by atoms with E-state index in [2.05, 4.69) is 19.7 Å². The minimum atomic E-state index is -4.66. The maximum atomic E-state index is 13.4. The van der Waals surface area contributed by atoms with Crippen LogP contribution in [0.5, 0.6) is 5.75 Å². The molecule has 1 aliphatic heterocycles. The molecule has 1 aliphatic rings. The van der Waals surface area contributed by atoms with Crippen LogP contribution in [0.1, 0.15) is 12.0 Å². The molecule has 166 valence electrons. The highest BCUT2D eigenvalue weighted by molar-refractivity contribution is 7.93. The van der Waals surface area contributed by atoms with Crippen LogP contribution >= 0.6 is 11.6 Å². The third-order valence-corrected chi connectivity index (χ3v) is 6.52. The zero-order valence-corrected chi connectivity index (χ0v) is 17.6. The number of benzene rings is 2. The molecule has 2 heterocycles. The fraction of sp³-hybridized carbons (Fsp3) is 0.333. The van der Waals surface area contributed by atoms with Gasteiger partial charge in [-0.15, -0.1) is 0 Å². The number of rotatable bonds is 5. The quantitative estimate of drug-likeness (QED) is 0.598. The number of anilines is 1. The molecule has 0 spiro atoms. The maximum Gasteiger partial charge on any atom is 0.419 e. The van der Waals surface area contributed by atoms with Gasteiger partial charge in [-0.25, -0.2) is 13.0 Å². The van der Waals surface area contributed by atoms with Crippen molar-refractivity contribution >= 4 is 38.3 Å². The van der Waals surface area contributed by atoms with E-state index in [1.165, 1.54) is 12.1 Å². The number of likely N-dealkylation sites (N-methyl/N-ethyl adjacent to an activating group) is 1. The van der Waals surface area contributed by atoms with Gasteiger partial charge < -0.3 is 9.64 Å². The van der Waals surface area contributed by atoms with E-state index in [9.17, 15) is 21.6 Å².